The highest BCUT2D eigenvalue weighted by atomic mass is 127. The van der Waals surface area contributed by atoms with E-state index in [2.05, 4.69) is 60.1 Å². The van der Waals surface area contributed by atoms with Gasteiger partial charge in [0.05, 0.1) is 0 Å². The van der Waals surface area contributed by atoms with E-state index >= 15 is 0 Å². The van der Waals surface area contributed by atoms with Crippen molar-refractivity contribution in [2.75, 3.05) is 0 Å². The first-order chi connectivity index (χ1) is 5.49. The molecule has 0 spiro atoms. The molecule has 0 aliphatic carbocycles. The molecule has 12 heavy (non-hydrogen) atoms. The number of hydrogen-bond acceptors (Lipinski definition) is 2. The van der Waals surface area contributed by atoms with Gasteiger partial charge in [-0.05, 0) is 54.8 Å². The molecule has 0 unspecified atom stereocenters. The van der Waals surface area contributed by atoms with E-state index in [-0.39, 0.29) is 5.54 Å². The first kappa shape index (κ1) is 10.5. The Kier molecular flexibility index (Phi) is 3.55. The summed E-state index contributed by atoms with van der Waals surface area (Å²) < 4.78 is 1.37. The molecule has 0 fully saturated rings. The van der Waals surface area contributed by atoms with Crippen molar-refractivity contribution in [3.8, 4) is 0 Å². The third-order valence-corrected chi connectivity index (χ3v) is 3.77. The standard InChI is InChI=1S/C9H14INS/c1-9(2,3)11-6-8-7(10)4-5-12-8/h4-5,11H,6H2,1-3H3. The Balaban J connectivity index is 2.49. The molecule has 0 saturated carbocycles. The maximum atomic E-state index is 3.47. The monoisotopic (exact) mass is 295 g/mol. The Morgan fingerprint density at radius 2 is 2.17 bits per heavy atom. The van der Waals surface area contributed by atoms with Crippen molar-refractivity contribution in [3.05, 3.63) is 19.9 Å². The van der Waals surface area contributed by atoms with Gasteiger partial charge in [-0.1, -0.05) is 0 Å². The summed E-state index contributed by atoms with van der Waals surface area (Å²) in [6.07, 6.45) is 0. The summed E-state index contributed by atoms with van der Waals surface area (Å²) in [5, 5.41) is 5.61. The van der Waals surface area contributed by atoms with Crippen LogP contribution < -0.4 is 5.32 Å². The average Bonchev–Trinajstić information content (AvgIpc) is 2.29. The van der Waals surface area contributed by atoms with Crippen LogP contribution in [-0.4, -0.2) is 5.54 Å². The molecule has 0 bridgehead atoms. The average molecular weight is 295 g/mol. The molecule has 68 valence electrons. The molecule has 1 nitrogen and oxygen atoms in total. The zero-order valence-electron chi connectivity index (χ0n) is 7.65. The predicted molar refractivity (Wildman–Crippen MR) is 63.6 cm³/mol. The summed E-state index contributed by atoms with van der Waals surface area (Å²) >= 11 is 4.20. The van der Waals surface area contributed by atoms with Gasteiger partial charge < -0.3 is 5.32 Å². The fourth-order valence-electron chi connectivity index (χ4n) is 0.797. The van der Waals surface area contributed by atoms with Crippen LogP contribution in [-0.2, 0) is 6.54 Å². The van der Waals surface area contributed by atoms with Crippen molar-refractivity contribution in [1.29, 1.82) is 0 Å². The van der Waals surface area contributed by atoms with E-state index in [1.807, 2.05) is 11.3 Å². The summed E-state index contributed by atoms with van der Waals surface area (Å²) in [7, 11) is 0. The Hall–Kier alpha value is 0.390. The smallest absolute Gasteiger partial charge is 0.0317 e. The van der Waals surface area contributed by atoms with Gasteiger partial charge in [0.2, 0.25) is 0 Å². The summed E-state index contributed by atoms with van der Waals surface area (Å²) in [6.45, 7) is 7.55. The molecule has 0 aliphatic heterocycles. The van der Waals surface area contributed by atoms with Crippen LogP contribution in [0.3, 0.4) is 0 Å². The number of halogens is 1. The minimum absolute atomic E-state index is 0.215. The largest absolute Gasteiger partial charge is 0.307 e. The lowest BCUT2D eigenvalue weighted by atomic mass is 10.1. The lowest BCUT2D eigenvalue weighted by Gasteiger charge is -2.19. The first-order valence-electron chi connectivity index (χ1n) is 3.96. The van der Waals surface area contributed by atoms with E-state index in [1.54, 1.807) is 0 Å². The molecule has 1 rings (SSSR count). The van der Waals surface area contributed by atoms with Crippen molar-refractivity contribution in [3.63, 3.8) is 0 Å². The van der Waals surface area contributed by atoms with Crippen molar-refractivity contribution in [2.45, 2.75) is 32.9 Å². The van der Waals surface area contributed by atoms with Crippen LogP contribution in [0, 0.1) is 3.57 Å². The van der Waals surface area contributed by atoms with Gasteiger partial charge in [-0.2, -0.15) is 0 Å². The maximum absolute atomic E-state index is 3.47. The normalized spacial score (nSPS) is 12.0. The van der Waals surface area contributed by atoms with E-state index in [0.717, 1.165) is 6.54 Å². The van der Waals surface area contributed by atoms with Gasteiger partial charge in [-0.3, -0.25) is 0 Å². The summed E-state index contributed by atoms with van der Waals surface area (Å²) in [5.41, 5.74) is 0.215. The van der Waals surface area contributed by atoms with Gasteiger partial charge in [0.25, 0.3) is 0 Å². The summed E-state index contributed by atoms with van der Waals surface area (Å²) in [4.78, 5) is 1.44. The molecule has 0 amide bonds. The number of hydrogen-bond donors (Lipinski definition) is 1. The molecule has 1 aromatic rings. The zero-order valence-corrected chi connectivity index (χ0v) is 10.6. The molecule has 0 saturated heterocycles. The van der Waals surface area contributed by atoms with Crippen molar-refractivity contribution >= 4 is 33.9 Å². The van der Waals surface area contributed by atoms with Crippen LogP contribution >= 0.6 is 33.9 Å². The van der Waals surface area contributed by atoms with Crippen LogP contribution in [0.5, 0.6) is 0 Å². The van der Waals surface area contributed by atoms with Crippen LogP contribution in [0.1, 0.15) is 25.6 Å². The third-order valence-electron chi connectivity index (χ3n) is 1.47. The summed E-state index contributed by atoms with van der Waals surface area (Å²) in [5.74, 6) is 0. The Morgan fingerprint density at radius 1 is 1.50 bits per heavy atom. The number of thiophene rings is 1. The maximum Gasteiger partial charge on any atom is 0.0317 e. The zero-order chi connectivity index (χ0) is 9.19. The van der Waals surface area contributed by atoms with Crippen molar-refractivity contribution in [2.24, 2.45) is 0 Å². The van der Waals surface area contributed by atoms with Crippen LogP contribution in [0.25, 0.3) is 0 Å². The van der Waals surface area contributed by atoms with Crippen molar-refractivity contribution in [1.82, 2.24) is 5.32 Å². The van der Waals surface area contributed by atoms with E-state index in [1.165, 1.54) is 8.45 Å². The van der Waals surface area contributed by atoms with Gasteiger partial charge in [0.1, 0.15) is 0 Å². The highest BCUT2D eigenvalue weighted by Gasteiger charge is 2.09. The molecule has 1 N–H and O–H groups in total. The Bertz CT molecular complexity index is 249. The van der Waals surface area contributed by atoms with E-state index in [4.69, 9.17) is 0 Å². The van der Waals surface area contributed by atoms with Crippen LogP contribution in [0.4, 0.5) is 0 Å². The fraction of sp³-hybridized carbons (Fsp3) is 0.556. The quantitative estimate of drug-likeness (QED) is 0.826. The van der Waals surface area contributed by atoms with Crippen LogP contribution in [0.15, 0.2) is 11.4 Å². The number of nitrogens with one attached hydrogen (secondary N) is 1. The summed E-state index contributed by atoms with van der Waals surface area (Å²) in [6, 6.07) is 2.16. The highest BCUT2D eigenvalue weighted by Crippen LogP contribution is 2.19. The predicted octanol–water partition coefficient (Wildman–Crippen LogP) is 3.24. The Morgan fingerprint density at radius 3 is 2.58 bits per heavy atom. The minimum atomic E-state index is 0.215. The second-order valence-corrected chi connectivity index (χ2v) is 5.96. The molecular formula is C9H14INS. The van der Waals surface area contributed by atoms with Gasteiger partial charge in [0, 0.05) is 20.5 Å². The van der Waals surface area contributed by atoms with E-state index in [0.29, 0.717) is 0 Å². The molecule has 1 aromatic heterocycles. The molecule has 1 heterocycles. The fourth-order valence-corrected chi connectivity index (χ4v) is 2.50. The Labute approximate surface area is 91.7 Å². The van der Waals surface area contributed by atoms with Crippen LogP contribution in [0.2, 0.25) is 0 Å². The first-order valence-corrected chi connectivity index (χ1v) is 5.92. The second kappa shape index (κ2) is 4.07. The molecule has 3 heteroatoms. The van der Waals surface area contributed by atoms with Crippen molar-refractivity contribution < 1.29 is 0 Å². The topological polar surface area (TPSA) is 12.0 Å². The lowest BCUT2D eigenvalue weighted by Crippen LogP contribution is -2.34. The second-order valence-electron chi connectivity index (χ2n) is 3.80. The third kappa shape index (κ3) is 3.41. The minimum Gasteiger partial charge on any atom is -0.307 e. The van der Waals surface area contributed by atoms with Gasteiger partial charge in [-0.15, -0.1) is 11.3 Å². The van der Waals surface area contributed by atoms with E-state index < -0.39 is 0 Å². The SMILES string of the molecule is CC(C)(C)NCc1sccc1I. The highest BCUT2D eigenvalue weighted by molar-refractivity contribution is 14.1. The number of rotatable bonds is 2. The van der Waals surface area contributed by atoms with Gasteiger partial charge in [0.15, 0.2) is 0 Å². The molecule has 0 aromatic carbocycles. The lowest BCUT2D eigenvalue weighted by molar-refractivity contribution is 0.426. The molecule has 0 radical (unpaired) electrons. The molecular weight excluding hydrogens is 281 g/mol. The molecule has 0 atom stereocenters. The van der Waals surface area contributed by atoms with Gasteiger partial charge >= 0.3 is 0 Å². The van der Waals surface area contributed by atoms with E-state index in [9.17, 15) is 0 Å². The molecule has 0 aliphatic rings. The van der Waals surface area contributed by atoms with Gasteiger partial charge in [-0.25, -0.2) is 0 Å².